The van der Waals surface area contributed by atoms with E-state index < -0.39 is 0 Å². The number of hydrogen-bond donors (Lipinski definition) is 1. The molecule has 3 heteroatoms. The molecule has 4 aliphatic carbocycles. The average Bonchev–Trinajstić information content (AvgIpc) is 2.79. The molecule has 3 nitrogen and oxygen atoms in total. The Hall–Kier alpha value is -0.730. The van der Waals surface area contributed by atoms with Gasteiger partial charge in [-0.05, 0) is 49.9 Å². The fraction of sp³-hybridized carbons (Fsp3) is 0.917. The van der Waals surface area contributed by atoms with Crippen molar-refractivity contribution in [1.29, 1.82) is 0 Å². The molecular weight excluding hydrogens is 188 g/mol. The van der Waals surface area contributed by atoms with E-state index in [1.165, 1.54) is 32.1 Å². The summed E-state index contributed by atoms with van der Waals surface area (Å²) in [5.74, 6) is 2.85. The van der Waals surface area contributed by atoms with Crippen molar-refractivity contribution in [2.24, 2.45) is 17.8 Å². The Morgan fingerprint density at radius 2 is 1.93 bits per heavy atom. The molecule has 82 valence electrons. The smallest absolute Gasteiger partial charge is 0.317 e. The van der Waals surface area contributed by atoms with Crippen molar-refractivity contribution < 1.29 is 4.79 Å². The van der Waals surface area contributed by atoms with Gasteiger partial charge in [-0.25, -0.2) is 4.79 Å². The molecule has 4 bridgehead atoms. The predicted octanol–water partition coefficient (Wildman–Crippen LogP) is 1.59. The summed E-state index contributed by atoms with van der Waals surface area (Å²) in [5.41, 5.74) is 0.289. The fourth-order valence-corrected chi connectivity index (χ4v) is 5.02. The molecule has 2 unspecified atom stereocenters. The molecule has 4 saturated carbocycles. The van der Waals surface area contributed by atoms with E-state index in [0.717, 1.165) is 30.8 Å². The third kappa shape index (κ3) is 0.943. The minimum Gasteiger partial charge on any atom is -0.336 e. The zero-order valence-electron chi connectivity index (χ0n) is 9.04. The van der Waals surface area contributed by atoms with Gasteiger partial charge in [0.15, 0.2) is 0 Å². The number of carbonyl (C=O) groups excluding carboxylic acids is 1. The monoisotopic (exact) mass is 206 g/mol. The number of carbonyl (C=O) groups is 1. The Morgan fingerprint density at radius 3 is 2.47 bits per heavy atom. The Bertz CT molecular complexity index is 308. The van der Waals surface area contributed by atoms with Gasteiger partial charge in [0.2, 0.25) is 0 Å². The van der Waals surface area contributed by atoms with Gasteiger partial charge in [0, 0.05) is 18.6 Å². The number of hydrogen-bond acceptors (Lipinski definition) is 1. The topological polar surface area (TPSA) is 32.3 Å². The number of rotatable bonds is 1. The summed E-state index contributed by atoms with van der Waals surface area (Å²) in [5, 5.41) is 2.96. The van der Waals surface area contributed by atoms with Gasteiger partial charge in [-0.2, -0.15) is 0 Å². The van der Waals surface area contributed by atoms with Gasteiger partial charge in [-0.3, -0.25) is 0 Å². The van der Waals surface area contributed by atoms with Crippen molar-refractivity contribution in [1.82, 2.24) is 10.2 Å². The molecule has 0 aromatic carbocycles. The minimum absolute atomic E-state index is 0.206. The van der Waals surface area contributed by atoms with Gasteiger partial charge in [0.25, 0.3) is 0 Å². The molecule has 0 aromatic rings. The molecule has 0 spiro atoms. The van der Waals surface area contributed by atoms with Crippen molar-refractivity contribution in [3.63, 3.8) is 0 Å². The maximum Gasteiger partial charge on any atom is 0.317 e. The Morgan fingerprint density at radius 1 is 1.20 bits per heavy atom. The van der Waals surface area contributed by atoms with Crippen LogP contribution in [-0.4, -0.2) is 29.6 Å². The highest BCUT2D eigenvalue weighted by Crippen LogP contribution is 2.62. The maximum atomic E-state index is 11.8. The molecule has 5 fully saturated rings. The van der Waals surface area contributed by atoms with E-state index in [-0.39, 0.29) is 11.6 Å². The van der Waals surface area contributed by atoms with Crippen LogP contribution >= 0.6 is 0 Å². The lowest BCUT2D eigenvalue weighted by molar-refractivity contribution is 0.0771. The molecule has 1 saturated heterocycles. The van der Waals surface area contributed by atoms with Crippen molar-refractivity contribution in [2.45, 2.75) is 37.6 Å². The van der Waals surface area contributed by atoms with E-state index >= 15 is 0 Å². The number of nitrogens with zero attached hydrogens (tertiary/aromatic N) is 1. The molecule has 1 heterocycles. The molecule has 0 radical (unpaired) electrons. The highest BCUT2D eigenvalue weighted by atomic mass is 16.2. The molecule has 1 N–H and O–H groups in total. The average molecular weight is 206 g/mol. The first-order valence-corrected chi connectivity index (χ1v) is 6.32. The van der Waals surface area contributed by atoms with Crippen LogP contribution in [0.15, 0.2) is 0 Å². The summed E-state index contributed by atoms with van der Waals surface area (Å²) in [6, 6.07) is 0.206. The summed E-state index contributed by atoms with van der Waals surface area (Å²) in [6.07, 6.45) is 6.83. The summed E-state index contributed by atoms with van der Waals surface area (Å²) in [7, 11) is 0. The third-order valence-electron chi connectivity index (χ3n) is 5.32. The first kappa shape index (κ1) is 8.43. The fourth-order valence-electron chi connectivity index (χ4n) is 5.02. The highest BCUT2D eigenvalue weighted by molar-refractivity contribution is 5.77. The first-order valence-electron chi connectivity index (χ1n) is 6.32. The Labute approximate surface area is 90.2 Å². The lowest BCUT2D eigenvalue weighted by atomic mass is 9.75. The molecule has 2 amide bonds. The standard InChI is InChI=1S/C12H18N2O/c15-11-13-1-2-14(11)12-5-8-3-9(6-12)10(4-8)7-12/h8-10H,1-7H2,(H,13,15). The largest absolute Gasteiger partial charge is 0.336 e. The Kier molecular flexibility index (Phi) is 1.40. The van der Waals surface area contributed by atoms with E-state index in [1.54, 1.807) is 0 Å². The lowest BCUT2D eigenvalue weighted by Crippen LogP contribution is -2.52. The molecule has 5 rings (SSSR count). The normalized spacial score (nSPS) is 51.6. The van der Waals surface area contributed by atoms with Crippen LogP contribution < -0.4 is 5.32 Å². The Balaban J connectivity index is 1.69. The lowest BCUT2D eigenvalue weighted by Gasteiger charge is -2.44. The van der Waals surface area contributed by atoms with Crippen LogP contribution in [0.1, 0.15) is 32.1 Å². The van der Waals surface area contributed by atoms with Crippen LogP contribution in [0.2, 0.25) is 0 Å². The van der Waals surface area contributed by atoms with E-state index in [9.17, 15) is 4.79 Å². The number of amides is 2. The quantitative estimate of drug-likeness (QED) is 0.694. The summed E-state index contributed by atoms with van der Waals surface area (Å²) in [6.45, 7) is 1.81. The van der Waals surface area contributed by atoms with Crippen molar-refractivity contribution in [2.75, 3.05) is 13.1 Å². The zero-order valence-corrected chi connectivity index (χ0v) is 9.04. The van der Waals surface area contributed by atoms with Crippen LogP contribution in [-0.2, 0) is 0 Å². The minimum atomic E-state index is 0.206. The van der Waals surface area contributed by atoms with Gasteiger partial charge in [-0.1, -0.05) is 0 Å². The molecule has 1 aliphatic heterocycles. The van der Waals surface area contributed by atoms with Crippen molar-refractivity contribution in [3.8, 4) is 0 Å². The van der Waals surface area contributed by atoms with Crippen LogP contribution in [0.3, 0.4) is 0 Å². The summed E-state index contributed by atoms with van der Waals surface area (Å²) >= 11 is 0. The van der Waals surface area contributed by atoms with Crippen LogP contribution in [0, 0.1) is 17.8 Å². The van der Waals surface area contributed by atoms with Crippen LogP contribution in [0.25, 0.3) is 0 Å². The van der Waals surface area contributed by atoms with E-state index in [0.29, 0.717) is 0 Å². The molecule has 15 heavy (non-hydrogen) atoms. The van der Waals surface area contributed by atoms with Gasteiger partial charge >= 0.3 is 6.03 Å². The molecule has 2 atom stereocenters. The second-order valence-electron chi connectivity index (χ2n) is 6.08. The van der Waals surface area contributed by atoms with E-state index in [2.05, 4.69) is 10.2 Å². The van der Waals surface area contributed by atoms with Crippen LogP contribution in [0.5, 0.6) is 0 Å². The zero-order chi connectivity index (χ0) is 10.0. The third-order valence-corrected chi connectivity index (χ3v) is 5.32. The molecule has 5 aliphatic rings. The maximum absolute atomic E-state index is 11.8. The van der Waals surface area contributed by atoms with Gasteiger partial charge in [0.1, 0.15) is 0 Å². The number of urea groups is 1. The van der Waals surface area contributed by atoms with E-state index in [1.807, 2.05) is 0 Å². The molecule has 0 aromatic heterocycles. The van der Waals surface area contributed by atoms with Gasteiger partial charge in [-0.15, -0.1) is 0 Å². The molecular formula is C12H18N2O. The number of nitrogens with one attached hydrogen (secondary N) is 1. The predicted molar refractivity (Wildman–Crippen MR) is 56.4 cm³/mol. The summed E-state index contributed by atoms with van der Waals surface area (Å²) in [4.78, 5) is 14.0. The van der Waals surface area contributed by atoms with Crippen molar-refractivity contribution in [3.05, 3.63) is 0 Å². The first-order chi connectivity index (χ1) is 7.27. The van der Waals surface area contributed by atoms with E-state index in [4.69, 9.17) is 0 Å². The highest BCUT2D eigenvalue weighted by Gasteiger charge is 2.59. The van der Waals surface area contributed by atoms with Gasteiger partial charge in [0.05, 0.1) is 0 Å². The van der Waals surface area contributed by atoms with Crippen molar-refractivity contribution >= 4 is 6.03 Å². The SMILES string of the molecule is O=C1NCCN1C12CC3CC(C1)C(C3)C2. The second-order valence-corrected chi connectivity index (χ2v) is 6.08. The second kappa shape index (κ2) is 2.50. The van der Waals surface area contributed by atoms with Gasteiger partial charge < -0.3 is 10.2 Å². The summed E-state index contributed by atoms with van der Waals surface area (Å²) < 4.78 is 0. The van der Waals surface area contributed by atoms with Crippen LogP contribution in [0.4, 0.5) is 4.79 Å².